The molecule has 2 atom stereocenters. The molecule has 0 aromatic rings. The molecule has 0 bridgehead atoms. The Kier molecular flexibility index (Phi) is 18.8. The van der Waals surface area contributed by atoms with Gasteiger partial charge in [-0.15, -0.1) is 0 Å². The van der Waals surface area contributed by atoms with Gasteiger partial charge in [0, 0.05) is 25.2 Å². The van der Waals surface area contributed by atoms with Crippen molar-refractivity contribution < 1.29 is 39.3 Å². The molecular weight excluding hydrogens is 386 g/mol. The van der Waals surface area contributed by atoms with Crippen LogP contribution in [-0.4, -0.2) is 49.0 Å². The summed E-state index contributed by atoms with van der Waals surface area (Å²) in [6.07, 6.45) is 1.71. The van der Waals surface area contributed by atoms with Gasteiger partial charge >= 0.3 is 19.5 Å². The van der Waals surface area contributed by atoms with E-state index in [1.807, 2.05) is 0 Å². The zero-order chi connectivity index (χ0) is 19.1. The van der Waals surface area contributed by atoms with Gasteiger partial charge in [0.2, 0.25) is 0 Å². The minimum Gasteiger partial charge on any atom is -0.548 e. The molecule has 12 N–H and O–H groups in total. The van der Waals surface area contributed by atoms with Crippen LogP contribution in [0.4, 0.5) is 0 Å². The Morgan fingerprint density at radius 2 is 1.04 bits per heavy atom. The van der Waals surface area contributed by atoms with Crippen molar-refractivity contribution in [2.24, 2.45) is 44.4 Å². The van der Waals surface area contributed by atoms with Crippen LogP contribution in [0.15, 0.2) is 9.98 Å². The van der Waals surface area contributed by atoms with Crippen molar-refractivity contribution in [2.45, 2.75) is 37.8 Å². The number of aliphatic carboxylic acids is 2. The fraction of sp³-hybridized carbons (Fsp3) is 0.667. The first-order chi connectivity index (χ1) is 11.1. The SMILES string of the molecule is NC(N)=NCCC[C@@H](N)C(=O)[O-].NC(N)=NCCC[C@@H](N)C(=O)[O-].[Zn+2]. The number of carboxylic acid groups (broad SMARTS) is 2. The number of hydrogen-bond acceptors (Lipinski definition) is 8. The number of rotatable bonds is 10. The monoisotopic (exact) mass is 410 g/mol. The average Bonchev–Trinajstić information content (AvgIpc) is 2.47. The van der Waals surface area contributed by atoms with E-state index in [-0.39, 0.29) is 31.4 Å². The van der Waals surface area contributed by atoms with E-state index in [1.165, 1.54) is 0 Å². The van der Waals surface area contributed by atoms with Gasteiger partial charge in [-0.25, -0.2) is 0 Å². The molecule has 12 nitrogen and oxygen atoms in total. The van der Waals surface area contributed by atoms with E-state index in [1.54, 1.807) is 0 Å². The zero-order valence-electron chi connectivity index (χ0n) is 14.1. The maximum absolute atomic E-state index is 10.1. The fourth-order valence-corrected chi connectivity index (χ4v) is 1.27. The topological polar surface area (TPSA) is 261 Å². The minimum absolute atomic E-state index is 0. The van der Waals surface area contributed by atoms with Crippen LogP contribution in [0.1, 0.15) is 25.7 Å². The van der Waals surface area contributed by atoms with E-state index in [4.69, 9.17) is 34.4 Å². The van der Waals surface area contributed by atoms with Gasteiger partial charge in [0.1, 0.15) is 0 Å². The van der Waals surface area contributed by atoms with Crippen molar-refractivity contribution in [3.8, 4) is 0 Å². The third-order valence-corrected chi connectivity index (χ3v) is 2.54. The Balaban J connectivity index is -0.000000372. The third-order valence-electron chi connectivity index (χ3n) is 2.54. The summed E-state index contributed by atoms with van der Waals surface area (Å²) >= 11 is 0. The second-order valence-electron chi connectivity index (χ2n) is 4.75. The third kappa shape index (κ3) is 22.0. The van der Waals surface area contributed by atoms with Crippen molar-refractivity contribution in [3.05, 3.63) is 0 Å². The molecule has 0 aliphatic heterocycles. The van der Waals surface area contributed by atoms with E-state index < -0.39 is 24.0 Å². The molecule has 0 rings (SSSR count). The summed E-state index contributed by atoms with van der Waals surface area (Å²) in [5.74, 6) is -2.51. The second-order valence-corrected chi connectivity index (χ2v) is 4.75. The van der Waals surface area contributed by atoms with Gasteiger partial charge in [-0.05, 0) is 25.7 Å². The van der Waals surface area contributed by atoms with Crippen LogP contribution in [0, 0.1) is 0 Å². The van der Waals surface area contributed by atoms with Crippen molar-refractivity contribution in [1.29, 1.82) is 0 Å². The molecule has 0 heterocycles. The molecule has 0 aromatic heterocycles. The molecule has 0 saturated heterocycles. The Hall–Kier alpha value is -1.98. The summed E-state index contributed by atoms with van der Waals surface area (Å²) in [4.78, 5) is 27.5. The van der Waals surface area contributed by atoms with Crippen LogP contribution in [-0.2, 0) is 29.1 Å². The Morgan fingerprint density at radius 3 is 1.24 bits per heavy atom. The molecule has 0 spiro atoms. The molecule has 25 heavy (non-hydrogen) atoms. The van der Waals surface area contributed by atoms with E-state index >= 15 is 0 Å². The Labute approximate surface area is 158 Å². The number of guanidine groups is 2. The molecule has 13 heteroatoms. The first-order valence-corrected chi connectivity index (χ1v) is 7.11. The molecule has 0 aliphatic carbocycles. The second kappa shape index (κ2) is 16.9. The maximum atomic E-state index is 10.1. The number of aliphatic imine (C=N–C) groups is 2. The van der Waals surface area contributed by atoms with E-state index in [2.05, 4.69) is 9.98 Å². The summed E-state index contributed by atoms with van der Waals surface area (Å²) < 4.78 is 0. The number of carboxylic acids is 2. The van der Waals surface area contributed by atoms with Gasteiger partial charge in [-0.3, -0.25) is 9.98 Å². The van der Waals surface area contributed by atoms with Crippen molar-refractivity contribution in [3.63, 3.8) is 0 Å². The number of hydrogen-bond donors (Lipinski definition) is 6. The summed E-state index contributed by atoms with van der Waals surface area (Å²) in [6, 6.07) is -1.86. The van der Waals surface area contributed by atoms with Crippen LogP contribution in [0.25, 0.3) is 0 Å². The van der Waals surface area contributed by atoms with Gasteiger partial charge in [-0.1, -0.05) is 0 Å². The minimum atomic E-state index is -1.25. The maximum Gasteiger partial charge on any atom is 2.00 e. The molecule has 0 aromatic carbocycles. The first kappa shape index (κ1) is 27.9. The standard InChI is InChI=1S/2C6H14N4O2.Zn/c2*7-4(5(11)12)2-1-3-10-6(8)9;/h2*4H,1-3,7H2,(H,11,12)(H4,8,9,10);/q;;+2/p-2/t2*4-;/m11./s1. The van der Waals surface area contributed by atoms with Gasteiger partial charge in [0.25, 0.3) is 0 Å². The van der Waals surface area contributed by atoms with Crippen molar-refractivity contribution in [2.75, 3.05) is 13.1 Å². The zero-order valence-corrected chi connectivity index (χ0v) is 17.1. The number of carbonyl (C=O) groups is 2. The molecule has 140 valence electrons. The molecule has 0 radical (unpaired) electrons. The molecule has 0 fully saturated rings. The summed E-state index contributed by atoms with van der Waals surface area (Å²) in [5, 5.41) is 20.2. The largest absolute Gasteiger partial charge is 2.00 e. The van der Waals surface area contributed by atoms with Gasteiger partial charge in [-0.2, -0.15) is 0 Å². The van der Waals surface area contributed by atoms with Gasteiger partial charge in [0.05, 0.1) is 11.9 Å². The van der Waals surface area contributed by atoms with Crippen LogP contribution in [0.2, 0.25) is 0 Å². The fourth-order valence-electron chi connectivity index (χ4n) is 1.27. The smallest absolute Gasteiger partial charge is 0.548 e. The number of nitrogens with two attached hydrogens (primary N) is 6. The molecular formula is C12H26N8O4Zn. The van der Waals surface area contributed by atoms with E-state index in [0.717, 1.165) is 0 Å². The predicted octanol–water partition coefficient (Wildman–Crippen LogP) is -5.77. The average molecular weight is 412 g/mol. The quantitative estimate of drug-likeness (QED) is 0.0857. The summed E-state index contributed by atoms with van der Waals surface area (Å²) in [7, 11) is 0. The molecule has 0 aliphatic rings. The van der Waals surface area contributed by atoms with E-state index in [9.17, 15) is 19.8 Å². The van der Waals surface area contributed by atoms with Crippen molar-refractivity contribution in [1.82, 2.24) is 0 Å². The van der Waals surface area contributed by atoms with Crippen LogP contribution < -0.4 is 44.6 Å². The molecule has 0 amide bonds. The molecule has 0 saturated carbocycles. The van der Waals surface area contributed by atoms with Crippen LogP contribution >= 0.6 is 0 Å². The summed E-state index contributed by atoms with van der Waals surface area (Å²) in [6.45, 7) is 0.784. The summed E-state index contributed by atoms with van der Waals surface area (Å²) in [5.41, 5.74) is 30.5. The van der Waals surface area contributed by atoms with Crippen LogP contribution in [0.3, 0.4) is 0 Å². The van der Waals surface area contributed by atoms with Crippen LogP contribution in [0.5, 0.6) is 0 Å². The predicted molar refractivity (Wildman–Crippen MR) is 85.8 cm³/mol. The Morgan fingerprint density at radius 1 is 0.760 bits per heavy atom. The first-order valence-electron chi connectivity index (χ1n) is 7.11. The van der Waals surface area contributed by atoms with Gasteiger partial charge < -0.3 is 54.2 Å². The normalized spacial score (nSPS) is 11.6. The van der Waals surface area contributed by atoms with E-state index in [0.29, 0.717) is 38.8 Å². The van der Waals surface area contributed by atoms with Gasteiger partial charge in [0.15, 0.2) is 11.9 Å². The van der Waals surface area contributed by atoms with Crippen molar-refractivity contribution >= 4 is 23.9 Å². The number of carbonyl (C=O) groups excluding carboxylic acids is 2. The Bertz CT molecular complexity index is 399. The molecule has 0 unspecified atom stereocenters. The number of nitrogens with zero attached hydrogens (tertiary/aromatic N) is 2.